The molecule has 1 aromatic rings. The van der Waals surface area contributed by atoms with Gasteiger partial charge in [0.25, 0.3) is 5.91 Å². The summed E-state index contributed by atoms with van der Waals surface area (Å²) in [7, 11) is 1.57. The standard InChI is InChI=1S/C11H14Br2N2O2/c1-6(11(16)15-2)17-10-8(12)3-7(5-14)4-9(10)13/h3-4,6H,5,14H2,1-2H3,(H,15,16). The topological polar surface area (TPSA) is 64.3 Å². The van der Waals surface area contributed by atoms with Gasteiger partial charge in [-0.15, -0.1) is 0 Å². The number of carbonyl (C=O) groups is 1. The van der Waals surface area contributed by atoms with E-state index in [-0.39, 0.29) is 5.91 Å². The van der Waals surface area contributed by atoms with Crippen LogP contribution in [0, 0.1) is 0 Å². The van der Waals surface area contributed by atoms with E-state index in [0.717, 1.165) is 14.5 Å². The van der Waals surface area contributed by atoms with E-state index in [1.54, 1.807) is 14.0 Å². The van der Waals surface area contributed by atoms with Crippen molar-refractivity contribution in [3.8, 4) is 5.75 Å². The number of amides is 1. The lowest BCUT2D eigenvalue weighted by molar-refractivity contribution is -0.126. The highest BCUT2D eigenvalue weighted by Gasteiger charge is 2.16. The number of nitrogens with two attached hydrogens (primary N) is 1. The molecule has 1 aromatic carbocycles. The zero-order valence-corrected chi connectivity index (χ0v) is 12.8. The van der Waals surface area contributed by atoms with E-state index >= 15 is 0 Å². The van der Waals surface area contributed by atoms with Crippen molar-refractivity contribution in [2.75, 3.05) is 7.05 Å². The molecule has 1 amide bonds. The smallest absolute Gasteiger partial charge is 0.260 e. The number of carbonyl (C=O) groups excluding carboxylic acids is 1. The zero-order valence-electron chi connectivity index (χ0n) is 9.59. The number of halogens is 2. The Kier molecular flexibility index (Phi) is 5.42. The Morgan fingerprint density at radius 1 is 1.47 bits per heavy atom. The van der Waals surface area contributed by atoms with Crippen LogP contribution in [0.5, 0.6) is 5.75 Å². The van der Waals surface area contributed by atoms with Crippen LogP contribution in [-0.4, -0.2) is 19.1 Å². The molecule has 6 heteroatoms. The van der Waals surface area contributed by atoms with Crippen molar-refractivity contribution in [1.29, 1.82) is 0 Å². The number of likely N-dealkylation sites (N-methyl/N-ethyl adjacent to an activating group) is 1. The molecule has 94 valence electrons. The second-order valence-electron chi connectivity index (χ2n) is 3.47. The van der Waals surface area contributed by atoms with Crippen molar-refractivity contribution >= 4 is 37.8 Å². The van der Waals surface area contributed by atoms with E-state index in [1.165, 1.54) is 0 Å². The summed E-state index contributed by atoms with van der Waals surface area (Å²) in [5.74, 6) is 0.421. The maximum Gasteiger partial charge on any atom is 0.260 e. The molecular formula is C11H14Br2N2O2. The number of ether oxygens (including phenoxy) is 1. The van der Waals surface area contributed by atoms with Crippen LogP contribution in [0.25, 0.3) is 0 Å². The Morgan fingerprint density at radius 3 is 2.41 bits per heavy atom. The fourth-order valence-corrected chi connectivity index (χ4v) is 2.74. The Bertz CT molecular complexity index is 401. The molecule has 0 heterocycles. The Hall–Kier alpha value is -0.590. The lowest BCUT2D eigenvalue weighted by Gasteiger charge is -2.16. The summed E-state index contributed by atoms with van der Waals surface area (Å²) in [5.41, 5.74) is 6.54. The molecule has 0 aromatic heterocycles. The third kappa shape index (κ3) is 3.69. The van der Waals surface area contributed by atoms with Gasteiger partial charge < -0.3 is 15.8 Å². The monoisotopic (exact) mass is 364 g/mol. The van der Waals surface area contributed by atoms with Gasteiger partial charge in [-0.05, 0) is 56.5 Å². The molecular weight excluding hydrogens is 352 g/mol. The average Bonchev–Trinajstić information content (AvgIpc) is 2.31. The minimum atomic E-state index is -0.559. The first-order valence-electron chi connectivity index (χ1n) is 5.05. The Labute approximate surface area is 117 Å². The van der Waals surface area contributed by atoms with Gasteiger partial charge >= 0.3 is 0 Å². The van der Waals surface area contributed by atoms with Gasteiger partial charge in [0.2, 0.25) is 0 Å². The van der Waals surface area contributed by atoms with Gasteiger partial charge in [0, 0.05) is 13.6 Å². The first-order chi connectivity index (χ1) is 7.99. The molecule has 0 radical (unpaired) electrons. The second-order valence-corrected chi connectivity index (χ2v) is 5.18. The molecule has 0 bridgehead atoms. The SMILES string of the molecule is CNC(=O)C(C)Oc1c(Br)cc(CN)cc1Br. The maximum absolute atomic E-state index is 11.4. The van der Waals surface area contributed by atoms with Crippen molar-refractivity contribution in [3.63, 3.8) is 0 Å². The second kappa shape index (κ2) is 6.37. The van der Waals surface area contributed by atoms with E-state index < -0.39 is 6.10 Å². The summed E-state index contributed by atoms with van der Waals surface area (Å²) in [5, 5.41) is 2.53. The van der Waals surface area contributed by atoms with Gasteiger partial charge in [-0.1, -0.05) is 0 Å². The van der Waals surface area contributed by atoms with E-state index in [4.69, 9.17) is 10.5 Å². The normalized spacial score (nSPS) is 12.1. The average molecular weight is 366 g/mol. The summed E-state index contributed by atoms with van der Waals surface area (Å²) in [4.78, 5) is 11.4. The lowest BCUT2D eigenvalue weighted by atomic mass is 10.2. The van der Waals surface area contributed by atoms with Crippen molar-refractivity contribution < 1.29 is 9.53 Å². The third-order valence-corrected chi connectivity index (χ3v) is 3.38. The van der Waals surface area contributed by atoms with Crippen LogP contribution in [0.1, 0.15) is 12.5 Å². The first-order valence-corrected chi connectivity index (χ1v) is 6.64. The largest absolute Gasteiger partial charge is 0.479 e. The number of nitrogens with one attached hydrogen (secondary N) is 1. The fourth-order valence-electron chi connectivity index (χ4n) is 1.28. The highest BCUT2D eigenvalue weighted by atomic mass is 79.9. The molecule has 4 nitrogen and oxygen atoms in total. The number of benzene rings is 1. The molecule has 1 atom stereocenters. The highest BCUT2D eigenvalue weighted by molar-refractivity contribution is 9.11. The van der Waals surface area contributed by atoms with E-state index in [0.29, 0.717) is 12.3 Å². The van der Waals surface area contributed by atoms with Gasteiger partial charge in [0.15, 0.2) is 6.10 Å². The predicted octanol–water partition coefficient (Wildman–Crippen LogP) is 2.18. The van der Waals surface area contributed by atoms with Crippen LogP contribution >= 0.6 is 31.9 Å². The summed E-state index contributed by atoms with van der Waals surface area (Å²) in [6, 6.07) is 3.74. The molecule has 0 fully saturated rings. The quantitative estimate of drug-likeness (QED) is 0.859. The third-order valence-electron chi connectivity index (χ3n) is 2.20. The predicted molar refractivity (Wildman–Crippen MR) is 73.9 cm³/mol. The molecule has 0 saturated carbocycles. The molecule has 0 aliphatic rings. The fraction of sp³-hybridized carbons (Fsp3) is 0.364. The number of hydrogen-bond acceptors (Lipinski definition) is 3. The molecule has 0 spiro atoms. The van der Waals surface area contributed by atoms with Crippen molar-refractivity contribution in [2.45, 2.75) is 19.6 Å². The minimum absolute atomic E-state index is 0.174. The van der Waals surface area contributed by atoms with Gasteiger partial charge in [-0.25, -0.2) is 0 Å². The van der Waals surface area contributed by atoms with Crippen LogP contribution in [-0.2, 0) is 11.3 Å². The maximum atomic E-state index is 11.4. The summed E-state index contributed by atoms with van der Waals surface area (Å²) in [6.45, 7) is 2.14. The molecule has 3 N–H and O–H groups in total. The molecule has 0 saturated heterocycles. The molecule has 0 aliphatic heterocycles. The number of rotatable bonds is 4. The Balaban J connectivity index is 2.95. The van der Waals surface area contributed by atoms with E-state index in [9.17, 15) is 4.79 Å². The summed E-state index contributed by atoms with van der Waals surface area (Å²) in [6.07, 6.45) is -0.559. The van der Waals surface area contributed by atoms with Crippen molar-refractivity contribution in [3.05, 3.63) is 26.6 Å². The molecule has 17 heavy (non-hydrogen) atoms. The lowest BCUT2D eigenvalue weighted by Crippen LogP contribution is -2.33. The molecule has 0 aliphatic carbocycles. The van der Waals surface area contributed by atoms with Gasteiger partial charge in [0.1, 0.15) is 5.75 Å². The van der Waals surface area contributed by atoms with Crippen LogP contribution in [0.4, 0.5) is 0 Å². The van der Waals surface area contributed by atoms with Crippen molar-refractivity contribution in [2.24, 2.45) is 5.73 Å². The summed E-state index contributed by atoms with van der Waals surface area (Å²) < 4.78 is 7.11. The highest BCUT2D eigenvalue weighted by Crippen LogP contribution is 2.35. The first kappa shape index (κ1) is 14.5. The molecule has 1 unspecified atom stereocenters. The number of hydrogen-bond donors (Lipinski definition) is 2. The Morgan fingerprint density at radius 2 is 2.00 bits per heavy atom. The van der Waals surface area contributed by atoms with Crippen LogP contribution in [0.15, 0.2) is 21.1 Å². The van der Waals surface area contributed by atoms with Gasteiger partial charge in [-0.2, -0.15) is 0 Å². The van der Waals surface area contributed by atoms with Crippen molar-refractivity contribution in [1.82, 2.24) is 5.32 Å². The zero-order chi connectivity index (χ0) is 13.0. The van der Waals surface area contributed by atoms with Gasteiger partial charge in [0.05, 0.1) is 8.95 Å². The van der Waals surface area contributed by atoms with Crippen LogP contribution in [0.2, 0.25) is 0 Å². The van der Waals surface area contributed by atoms with Gasteiger partial charge in [-0.3, -0.25) is 4.79 Å². The minimum Gasteiger partial charge on any atom is -0.479 e. The van der Waals surface area contributed by atoms with E-state index in [1.807, 2.05) is 12.1 Å². The molecule has 1 rings (SSSR count). The van der Waals surface area contributed by atoms with E-state index in [2.05, 4.69) is 37.2 Å². The summed E-state index contributed by atoms with van der Waals surface area (Å²) >= 11 is 6.79. The van der Waals surface area contributed by atoms with Crippen LogP contribution < -0.4 is 15.8 Å². The van der Waals surface area contributed by atoms with Crippen LogP contribution in [0.3, 0.4) is 0 Å².